The summed E-state index contributed by atoms with van der Waals surface area (Å²) >= 11 is 0. The fourth-order valence-electron chi connectivity index (χ4n) is 3.14. The maximum Gasteiger partial charge on any atom is 0.105 e. The van der Waals surface area contributed by atoms with Crippen LogP contribution in [0.2, 0.25) is 0 Å². The third kappa shape index (κ3) is 5.94. The van der Waals surface area contributed by atoms with Gasteiger partial charge in [0, 0.05) is 25.7 Å². The maximum atomic E-state index is 9.52. The molecular weight excluding hydrogens is 262 g/mol. The van der Waals surface area contributed by atoms with Gasteiger partial charge in [0.1, 0.15) is 5.54 Å². The second-order valence-corrected chi connectivity index (χ2v) is 6.73. The largest absolute Gasteiger partial charge is 0.383 e. The molecule has 1 N–H and O–H groups in total. The van der Waals surface area contributed by atoms with E-state index in [-0.39, 0.29) is 0 Å². The van der Waals surface area contributed by atoms with Crippen molar-refractivity contribution in [3.05, 3.63) is 0 Å². The molecule has 0 saturated heterocycles. The minimum Gasteiger partial charge on any atom is -0.383 e. The lowest BCUT2D eigenvalue weighted by Gasteiger charge is -2.38. The van der Waals surface area contributed by atoms with Crippen molar-refractivity contribution >= 4 is 0 Å². The molecule has 0 amide bonds. The zero-order valence-electron chi connectivity index (χ0n) is 14.5. The SMILES string of the molecule is CCCNC(C)(C#N)CC(C)N(CCOC)C(C)C1CC1. The van der Waals surface area contributed by atoms with Crippen LogP contribution in [0, 0.1) is 17.2 Å². The Morgan fingerprint density at radius 1 is 1.43 bits per heavy atom. The highest BCUT2D eigenvalue weighted by atomic mass is 16.5. The summed E-state index contributed by atoms with van der Waals surface area (Å²) in [6.45, 7) is 11.3. The van der Waals surface area contributed by atoms with E-state index in [0.29, 0.717) is 12.1 Å². The predicted molar refractivity (Wildman–Crippen MR) is 87.2 cm³/mol. The number of nitriles is 1. The van der Waals surface area contributed by atoms with Crippen LogP contribution in [0.4, 0.5) is 0 Å². The van der Waals surface area contributed by atoms with E-state index in [9.17, 15) is 5.26 Å². The van der Waals surface area contributed by atoms with Gasteiger partial charge in [-0.2, -0.15) is 5.26 Å². The van der Waals surface area contributed by atoms with Crippen LogP contribution in [-0.4, -0.2) is 49.3 Å². The summed E-state index contributed by atoms with van der Waals surface area (Å²) in [5.74, 6) is 0.834. The minimum atomic E-state index is -0.440. The third-order valence-electron chi connectivity index (χ3n) is 4.66. The van der Waals surface area contributed by atoms with E-state index >= 15 is 0 Å². The lowest BCUT2D eigenvalue weighted by Crippen LogP contribution is -2.50. The molecule has 0 aliphatic heterocycles. The van der Waals surface area contributed by atoms with E-state index in [1.165, 1.54) is 12.8 Å². The average Bonchev–Trinajstić information content (AvgIpc) is 3.30. The molecule has 0 aromatic rings. The van der Waals surface area contributed by atoms with Gasteiger partial charge in [-0.1, -0.05) is 6.92 Å². The third-order valence-corrected chi connectivity index (χ3v) is 4.66. The number of hydrogen-bond donors (Lipinski definition) is 1. The van der Waals surface area contributed by atoms with Crippen molar-refractivity contribution in [2.24, 2.45) is 5.92 Å². The number of methoxy groups -OCH3 is 1. The monoisotopic (exact) mass is 295 g/mol. The smallest absolute Gasteiger partial charge is 0.105 e. The van der Waals surface area contributed by atoms with E-state index in [2.05, 4.69) is 37.1 Å². The highest BCUT2D eigenvalue weighted by Crippen LogP contribution is 2.36. The first-order valence-electron chi connectivity index (χ1n) is 8.38. The highest BCUT2D eigenvalue weighted by Gasteiger charge is 2.36. The molecule has 3 atom stereocenters. The Labute approximate surface area is 130 Å². The molecule has 1 rings (SSSR count). The van der Waals surface area contributed by atoms with Crippen LogP contribution < -0.4 is 5.32 Å². The van der Waals surface area contributed by atoms with Gasteiger partial charge in [0.25, 0.3) is 0 Å². The van der Waals surface area contributed by atoms with E-state index in [0.717, 1.165) is 38.5 Å². The van der Waals surface area contributed by atoms with E-state index in [1.54, 1.807) is 7.11 Å². The van der Waals surface area contributed by atoms with Crippen molar-refractivity contribution in [1.29, 1.82) is 5.26 Å². The van der Waals surface area contributed by atoms with E-state index in [1.807, 2.05) is 6.92 Å². The van der Waals surface area contributed by atoms with Crippen LogP contribution >= 0.6 is 0 Å². The number of nitrogens with one attached hydrogen (secondary N) is 1. The Morgan fingerprint density at radius 2 is 2.10 bits per heavy atom. The summed E-state index contributed by atoms with van der Waals surface area (Å²) in [5.41, 5.74) is -0.440. The van der Waals surface area contributed by atoms with Crippen molar-refractivity contribution in [2.45, 2.75) is 71.0 Å². The topological polar surface area (TPSA) is 48.3 Å². The summed E-state index contributed by atoms with van der Waals surface area (Å²) in [4.78, 5) is 2.53. The van der Waals surface area contributed by atoms with Gasteiger partial charge >= 0.3 is 0 Å². The van der Waals surface area contributed by atoms with E-state index < -0.39 is 5.54 Å². The Morgan fingerprint density at radius 3 is 2.57 bits per heavy atom. The molecule has 0 spiro atoms. The van der Waals surface area contributed by atoms with Gasteiger partial charge in [0.15, 0.2) is 0 Å². The zero-order valence-corrected chi connectivity index (χ0v) is 14.5. The average molecular weight is 295 g/mol. The maximum absolute atomic E-state index is 9.52. The van der Waals surface area contributed by atoms with Crippen molar-refractivity contribution < 1.29 is 4.74 Å². The van der Waals surface area contributed by atoms with Crippen LogP contribution in [-0.2, 0) is 4.74 Å². The molecule has 1 aliphatic rings. The van der Waals surface area contributed by atoms with Crippen molar-refractivity contribution in [3.8, 4) is 6.07 Å². The van der Waals surface area contributed by atoms with Crippen LogP contribution in [0.25, 0.3) is 0 Å². The second kappa shape index (κ2) is 8.73. The van der Waals surface area contributed by atoms with Crippen LogP contribution in [0.1, 0.15) is 53.4 Å². The van der Waals surface area contributed by atoms with Crippen molar-refractivity contribution in [1.82, 2.24) is 10.2 Å². The molecule has 0 aromatic heterocycles. The molecule has 0 bridgehead atoms. The van der Waals surface area contributed by atoms with Gasteiger partial charge in [0.05, 0.1) is 12.7 Å². The Balaban J connectivity index is 2.64. The lowest BCUT2D eigenvalue weighted by molar-refractivity contribution is 0.0762. The van der Waals surface area contributed by atoms with Gasteiger partial charge in [-0.15, -0.1) is 0 Å². The predicted octanol–water partition coefficient (Wildman–Crippen LogP) is 2.79. The number of rotatable bonds is 11. The normalized spacial score (nSPS) is 20.8. The summed E-state index contributed by atoms with van der Waals surface area (Å²) in [6.07, 6.45) is 4.60. The molecule has 0 heterocycles. The molecule has 1 fully saturated rings. The molecule has 1 aliphatic carbocycles. The lowest BCUT2D eigenvalue weighted by atomic mass is 9.93. The summed E-state index contributed by atoms with van der Waals surface area (Å²) in [6, 6.07) is 3.44. The fraction of sp³-hybridized carbons (Fsp3) is 0.941. The first kappa shape index (κ1) is 18.4. The Kier molecular flexibility index (Phi) is 7.65. The van der Waals surface area contributed by atoms with Gasteiger partial charge in [-0.25, -0.2) is 0 Å². The van der Waals surface area contributed by atoms with Crippen molar-refractivity contribution in [3.63, 3.8) is 0 Å². The molecule has 21 heavy (non-hydrogen) atoms. The first-order valence-corrected chi connectivity index (χ1v) is 8.38. The molecule has 122 valence electrons. The van der Waals surface area contributed by atoms with Gasteiger partial charge < -0.3 is 4.74 Å². The Bertz CT molecular complexity index is 337. The second-order valence-electron chi connectivity index (χ2n) is 6.73. The zero-order chi connectivity index (χ0) is 15.9. The van der Waals surface area contributed by atoms with Crippen LogP contribution in [0.15, 0.2) is 0 Å². The molecule has 3 unspecified atom stereocenters. The van der Waals surface area contributed by atoms with Gasteiger partial charge in [-0.05, 0) is 58.9 Å². The Hall–Kier alpha value is -0.630. The fourth-order valence-corrected chi connectivity index (χ4v) is 3.14. The van der Waals surface area contributed by atoms with Gasteiger partial charge in [-0.3, -0.25) is 10.2 Å². The van der Waals surface area contributed by atoms with Crippen molar-refractivity contribution in [2.75, 3.05) is 26.8 Å². The standard InChI is InChI=1S/C17H33N3O/c1-6-9-19-17(4,13-18)12-14(2)20(10-11-21-5)15(3)16-7-8-16/h14-16,19H,6-12H2,1-5H3. The first-order chi connectivity index (χ1) is 9.97. The minimum absolute atomic E-state index is 0.379. The summed E-state index contributed by atoms with van der Waals surface area (Å²) in [7, 11) is 1.76. The summed E-state index contributed by atoms with van der Waals surface area (Å²) in [5, 5.41) is 12.9. The van der Waals surface area contributed by atoms with Gasteiger partial charge in [0.2, 0.25) is 0 Å². The molecule has 0 radical (unpaired) electrons. The quantitative estimate of drug-likeness (QED) is 0.637. The van der Waals surface area contributed by atoms with Crippen LogP contribution in [0.5, 0.6) is 0 Å². The number of ether oxygens (including phenoxy) is 1. The molecule has 4 heteroatoms. The molecular formula is C17H33N3O. The van der Waals surface area contributed by atoms with E-state index in [4.69, 9.17) is 4.74 Å². The number of hydrogen-bond acceptors (Lipinski definition) is 4. The number of nitrogens with zero attached hydrogens (tertiary/aromatic N) is 2. The highest BCUT2D eigenvalue weighted by molar-refractivity contribution is 5.06. The molecule has 1 saturated carbocycles. The summed E-state index contributed by atoms with van der Waals surface area (Å²) < 4.78 is 5.27. The van der Waals surface area contributed by atoms with Crippen LogP contribution in [0.3, 0.4) is 0 Å². The molecule has 0 aromatic carbocycles. The molecule has 4 nitrogen and oxygen atoms in total.